The molecule has 2 N–H and O–H groups in total. The van der Waals surface area contributed by atoms with Gasteiger partial charge in [0.05, 0.1) is 11.1 Å². The van der Waals surface area contributed by atoms with Crippen molar-refractivity contribution in [2.24, 2.45) is 5.73 Å². The SMILES string of the molecule is CN1C(=O)CCC(N2C(=O)c3cccc(CCCCCCCCCN)c3C2=O)C1=O. The average molecular weight is 414 g/mol. The number of imide groups is 2. The molecule has 0 saturated carbocycles. The topological polar surface area (TPSA) is 101 Å². The molecule has 0 bridgehead atoms. The smallest absolute Gasteiger partial charge is 0.262 e. The molecule has 1 aromatic rings. The number of hydrogen-bond donors (Lipinski definition) is 1. The number of unbranched alkanes of at least 4 members (excludes halogenated alkanes) is 6. The van der Waals surface area contributed by atoms with E-state index < -0.39 is 23.8 Å². The van der Waals surface area contributed by atoms with E-state index >= 15 is 0 Å². The first-order valence-corrected chi connectivity index (χ1v) is 11.0. The van der Waals surface area contributed by atoms with Gasteiger partial charge in [-0.25, -0.2) is 0 Å². The Bertz CT molecular complexity index is 836. The van der Waals surface area contributed by atoms with E-state index in [9.17, 15) is 19.2 Å². The maximum absolute atomic E-state index is 13.1. The summed E-state index contributed by atoms with van der Waals surface area (Å²) in [6, 6.07) is 4.45. The molecular weight excluding hydrogens is 382 g/mol. The van der Waals surface area contributed by atoms with Crippen molar-refractivity contribution in [3.63, 3.8) is 0 Å². The molecule has 7 nitrogen and oxygen atoms in total. The zero-order valence-corrected chi connectivity index (χ0v) is 17.7. The zero-order chi connectivity index (χ0) is 21.7. The van der Waals surface area contributed by atoms with Crippen LogP contribution in [-0.2, 0) is 16.0 Å². The molecule has 0 aromatic heterocycles. The fourth-order valence-corrected chi connectivity index (χ4v) is 4.35. The van der Waals surface area contributed by atoms with Crippen LogP contribution in [-0.4, -0.2) is 53.1 Å². The first-order chi connectivity index (χ1) is 14.5. The number of fused-ring (bicyclic) bond motifs is 1. The molecule has 1 saturated heterocycles. The molecule has 0 radical (unpaired) electrons. The first-order valence-electron chi connectivity index (χ1n) is 11.0. The fraction of sp³-hybridized carbons (Fsp3) is 0.565. The summed E-state index contributed by atoms with van der Waals surface area (Å²) in [5.41, 5.74) is 7.17. The quantitative estimate of drug-likeness (QED) is 0.469. The molecule has 0 aliphatic carbocycles. The lowest BCUT2D eigenvalue weighted by atomic mass is 9.97. The van der Waals surface area contributed by atoms with Crippen LogP contribution in [0, 0.1) is 0 Å². The van der Waals surface area contributed by atoms with Gasteiger partial charge in [0.15, 0.2) is 0 Å². The molecule has 1 fully saturated rings. The van der Waals surface area contributed by atoms with Gasteiger partial charge < -0.3 is 5.73 Å². The number of rotatable bonds is 10. The number of carbonyl (C=O) groups excluding carboxylic acids is 4. The lowest BCUT2D eigenvalue weighted by Gasteiger charge is -2.32. The minimum Gasteiger partial charge on any atom is -0.330 e. The van der Waals surface area contributed by atoms with E-state index in [0.717, 1.165) is 54.0 Å². The van der Waals surface area contributed by atoms with E-state index in [1.54, 1.807) is 12.1 Å². The lowest BCUT2D eigenvalue weighted by molar-refractivity contribution is -0.149. The molecule has 4 amide bonds. The summed E-state index contributed by atoms with van der Waals surface area (Å²) >= 11 is 0. The molecule has 1 aromatic carbocycles. The van der Waals surface area contributed by atoms with Gasteiger partial charge in [-0.3, -0.25) is 29.0 Å². The van der Waals surface area contributed by atoms with Crippen LogP contribution in [0.15, 0.2) is 18.2 Å². The highest BCUT2D eigenvalue weighted by Crippen LogP contribution is 2.31. The first kappa shape index (κ1) is 22.2. The van der Waals surface area contributed by atoms with Crippen molar-refractivity contribution >= 4 is 23.6 Å². The van der Waals surface area contributed by atoms with E-state index in [0.29, 0.717) is 11.1 Å². The number of hydrogen-bond acceptors (Lipinski definition) is 5. The predicted molar refractivity (Wildman–Crippen MR) is 113 cm³/mol. The van der Waals surface area contributed by atoms with Gasteiger partial charge in [-0.1, -0.05) is 44.2 Å². The molecule has 1 atom stereocenters. The Balaban J connectivity index is 1.64. The van der Waals surface area contributed by atoms with Gasteiger partial charge in [-0.05, 0) is 43.9 Å². The fourth-order valence-electron chi connectivity index (χ4n) is 4.35. The van der Waals surface area contributed by atoms with Crippen LogP contribution < -0.4 is 5.73 Å². The molecule has 1 unspecified atom stereocenters. The summed E-state index contributed by atoms with van der Waals surface area (Å²) in [4.78, 5) is 52.5. The number of nitrogens with two attached hydrogens (primary N) is 1. The van der Waals surface area contributed by atoms with E-state index in [2.05, 4.69) is 0 Å². The van der Waals surface area contributed by atoms with E-state index in [-0.39, 0.29) is 18.7 Å². The van der Waals surface area contributed by atoms with Crippen LogP contribution >= 0.6 is 0 Å². The molecular formula is C23H31N3O4. The van der Waals surface area contributed by atoms with Crippen molar-refractivity contribution in [1.29, 1.82) is 0 Å². The third-order valence-electron chi connectivity index (χ3n) is 6.12. The third-order valence-corrected chi connectivity index (χ3v) is 6.12. The Morgan fingerprint density at radius 3 is 2.30 bits per heavy atom. The minimum absolute atomic E-state index is 0.151. The second-order valence-electron chi connectivity index (χ2n) is 8.18. The Labute approximate surface area is 177 Å². The van der Waals surface area contributed by atoms with Gasteiger partial charge in [-0.15, -0.1) is 0 Å². The van der Waals surface area contributed by atoms with E-state index in [1.807, 2.05) is 6.07 Å². The van der Waals surface area contributed by atoms with Crippen molar-refractivity contribution in [1.82, 2.24) is 9.80 Å². The Morgan fingerprint density at radius 2 is 1.60 bits per heavy atom. The number of carbonyl (C=O) groups is 4. The number of likely N-dealkylation sites (N-methyl/N-ethyl adjacent to an activating group) is 1. The maximum atomic E-state index is 13.1. The summed E-state index contributed by atoms with van der Waals surface area (Å²) < 4.78 is 0. The van der Waals surface area contributed by atoms with Gasteiger partial charge in [0.1, 0.15) is 6.04 Å². The molecule has 2 heterocycles. The van der Waals surface area contributed by atoms with Crippen LogP contribution in [0.2, 0.25) is 0 Å². The highest BCUT2D eigenvalue weighted by molar-refractivity contribution is 6.24. The van der Waals surface area contributed by atoms with Gasteiger partial charge in [0.25, 0.3) is 17.7 Å². The van der Waals surface area contributed by atoms with Gasteiger partial charge >= 0.3 is 0 Å². The number of piperidine rings is 1. The van der Waals surface area contributed by atoms with Gasteiger partial charge in [0, 0.05) is 13.5 Å². The standard InChI is InChI=1S/C23H31N3O4/c1-25-19(27)14-13-18(22(25)29)26-21(28)17-12-9-11-16(20(17)23(26)30)10-7-5-3-2-4-6-8-15-24/h9,11-12,18H,2-8,10,13-15,24H2,1H3. The van der Waals surface area contributed by atoms with Crippen molar-refractivity contribution in [2.45, 2.75) is 70.3 Å². The molecule has 7 heteroatoms. The normalized spacial score (nSPS) is 19.1. The van der Waals surface area contributed by atoms with Crippen molar-refractivity contribution in [2.75, 3.05) is 13.6 Å². The summed E-state index contributed by atoms with van der Waals surface area (Å²) in [6.45, 7) is 0.752. The summed E-state index contributed by atoms with van der Waals surface area (Å²) in [5.74, 6) is -1.61. The van der Waals surface area contributed by atoms with Crippen molar-refractivity contribution < 1.29 is 19.2 Å². The molecule has 2 aliphatic heterocycles. The summed E-state index contributed by atoms with van der Waals surface area (Å²) in [7, 11) is 1.40. The number of nitrogens with zero attached hydrogens (tertiary/aromatic N) is 2. The van der Waals surface area contributed by atoms with Crippen LogP contribution in [0.5, 0.6) is 0 Å². The molecule has 3 rings (SSSR count). The summed E-state index contributed by atoms with van der Waals surface area (Å²) in [6.07, 6.45) is 8.89. The second kappa shape index (κ2) is 9.98. The number of amides is 4. The lowest BCUT2D eigenvalue weighted by Crippen LogP contribution is -2.54. The van der Waals surface area contributed by atoms with Crippen LogP contribution in [0.25, 0.3) is 0 Å². The van der Waals surface area contributed by atoms with Crippen LogP contribution in [0.1, 0.15) is 84.1 Å². The molecule has 30 heavy (non-hydrogen) atoms. The molecule has 2 aliphatic rings. The Kier molecular flexibility index (Phi) is 7.37. The summed E-state index contributed by atoms with van der Waals surface area (Å²) in [5, 5.41) is 0. The highest BCUT2D eigenvalue weighted by Gasteiger charge is 2.46. The highest BCUT2D eigenvalue weighted by atomic mass is 16.2. The van der Waals surface area contributed by atoms with E-state index in [4.69, 9.17) is 5.73 Å². The Hall–Kier alpha value is -2.54. The van der Waals surface area contributed by atoms with Crippen molar-refractivity contribution in [3.8, 4) is 0 Å². The monoisotopic (exact) mass is 413 g/mol. The second-order valence-corrected chi connectivity index (χ2v) is 8.18. The third kappa shape index (κ3) is 4.46. The molecule has 0 spiro atoms. The van der Waals surface area contributed by atoms with Gasteiger partial charge in [0.2, 0.25) is 5.91 Å². The van der Waals surface area contributed by atoms with Crippen LogP contribution in [0.4, 0.5) is 0 Å². The predicted octanol–water partition coefficient (Wildman–Crippen LogP) is 2.66. The number of aryl methyl sites for hydroxylation is 1. The zero-order valence-electron chi connectivity index (χ0n) is 17.7. The average Bonchev–Trinajstić information content (AvgIpc) is 3.00. The Morgan fingerprint density at radius 1 is 0.933 bits per heavy atom. The largest absolute Gasteiger partial charge is 0.330 e. The van der Waals surface area contributed by atoms with Gasteiger partial charge in [-0.2, -0.15) is 0 Å². The van der Waals surface area contributed by atoms with Crippen molar-refractivity contribution in [3.05, 3.63) is 34.9 Å². The maximum Gasteiger partial charge on any atom is 0.262 e. The minimum atomic E-state index is -0.901. The molecule has 162 valence electrons. The number of likely N-dealkylation sites (tertiary alicyclic amines) is 1. The van der Waals surface area contributed by atoms with Crippen LogP contribution in [0.3, 0.4) is 0 Å². The van der Waals surface area contributed by atoms with E-state index in [1.165, 1.54) is 26.3 Å². The number of benzene rings is 1.